The van der Waals surface area contributed by atoms with Crippen LogP contribution in [0.3, 0.4) is 0 Å². The van der Waals surface area contributed by atoms with Crippen molar-refractivity contribution < 1.29 is 14.3 Å². The molecule has 0 aromatic carbocycles. The lowest BCUT2D eigenvalue weighted by molar-refractivity contribution is -0.121. The van der Waals surface area contributed by atoms with Gasteiger partial charge in [0.1, 0.15) is 5.69 Å². The summed E-state index contributed by atoms with van der Waals surface area (Å²) in [4.78, 5) is 26.7. The zero-order valence-corrected chi connectivity index (χ0v) is 10.3. The van der Waals surface area contributed by atoms with Gasteiger partial charge in [-0.2, -0.15) is 0 Å². The Morgan fingerprint density at radius 3 is 2.72 bits per heavy atom. The van der Waals surface area contributed by atoms with Gasteiger partial charge in [0.25, 0.3) is 5.91 Å². The second-order valence-electron chi connectivity index (χ2n) is 3.56. The van der Waals surface area contributed by atoms with Crippen LogP contribution in [0.25, 0.3) is 0 Å². The summed E-state index contributed by atoms with van der Waals surface area (Å²) >= 11 is 0. The van der Waals surface area contributed by atoms with E-state index in [1.54, 1.807) is 31.5 Å². The Hall–Kier alpha value is -1.95. The van der Waals surface area contributed by atoms with E-state index < -0.39 is 0 Å². The zero-order valence-electron chi connectivity index (χ0n) is 10.3. The average Bonchev–Trinajstić information content (AvgIpc) is 2.42. The maximum absolute atomic E-state index is 11.6. The van der Waals surface area contributed by atoms with E-state index in [-0.39, 0.29) is 11.8 Å². The van der Waals surface area contributed by atoms with E-state index >= 15 is 0 Å². The molecular weight excluding hydrogens is 234 g/mol. The molecule has 0 bridgehead atoms. The maximum Gasteiger partial charge on any atom is 0.269 e. The van der Waals surface area contributed by atoms with Crippen LogP contribution in [-0.4, -0.2) is 43.6 Å². The van der Waals surface area contributed by atoms with Crippen LogP contribution in [0, 0.1) is 0 Å². The Morgan fingerprint density at radius 1 is 1.28 bits per heavy atom. The SMILES string of the molecule is COCCC(=O)NCCNC(=O)c1ccccn1. The maximum atomic E-state index is 11.6. The van der Waals surface area contributed by atoms with Crippen molar-refractivity contribution in [3.8, 4) is 0 Å². The molecule has 6 heteroatoms. The highest BCUT2D eigenvalue weighted by Crippen LogP contribution is 1.91. The van der Waals surface area contributed by atoms with E-state index in [0.29, 0.717) is 31.8 Å². The number of methoxy groups -OCH3 is 1. The lowest BCUT2D eigenvalue weighted by Gasteiger charge is -2.06. The van der Waals surface area contributed by atoms with Crippen LogP contribution in [0.5, 0.6) is 0 Å². The summed E-state index contributed by atoms with van der Waals surface area (Å²) < 4.78 is 4.78. The molecule has 0 fully saturated rings. The van der Waals surface area contributed by atoms with Crippen molar-refractivity contribution in [3.63, 3.8) is 0 Å². The van der Waals surface area contributed by atoms with Gasteiger partial charge in [-0.3, -0.25) is 14.6 Å². The van der Waals surface area contributed by atoms with Crippen LogP contribution in [0.1, 0.15) is 16.9 Å². The lowest BCUT2D eigenvalue weighted by Crippen LogP contribution is -2.35. The minimum Gasteiger partial charge on any atom is -0.384 e. The number of aromatic nitrogens is 1. The van der Waals surface area contributed by atoms with Gasteiger partial charge < -0.3 is 15.4 Å². The number of carbonyl (C=O) groups is 2. The van der Waals surface area contributed by atoms with E-state index in [1.165, 1.54) is 0 Å². The number of nitrogens with one attached hydrogen (secondary N) is 2. The fourth-order valence-electron chi connectivity index (χ4n) is 1.25. The standard InChI is InChI=1S/C12H17N3O3/c1-18-9-5-11(16)14-7-8-15-12(17)10-4-2-3-6-13-10/h2-4,6H,5,7-9H2,1H3,(H,14,16)(H,15,17). The van der Waals surface area contributed by atoms with Crippen LogP contribution < -0.4 is 10.6 Å². The summed E-state index contributed by atoms with van der Waals surface area (Å²) in [5.41, 5.74) is 0.364. The molecule has 1 rings (SSSR count). The molecule has 0 aliphatic carbocycles. The van der Waals surface area contributed by atoms with Crippen molar-refractivity contribution in [1.29, 1.82) is 0 Å². The van der Waals surface area contributed by atoms with Gasteiger partial charge in [0, 0.05) is 32.8 Å². The van der Waals surface area contributed by atoms with Gasteiger partial charge in [0.15, 0.2) is 0 Å². The predicted molar refractivity (Wildman–Crippen MR) is 66.1 cm³/mol. The molecule has 18 heavy (non-hydrogen) atoms. The van der Waals surface area contributed by atoms with Gasteiger partial charge in [-0.15, -0.1) is 0 Å². The molecule has 98 valence electrons. The van der Waals surface area contributed by atoms with Gasteiger partial charge in [0.05, 0.1) is 6.61 Å². The van der Waals surface area contributed by atoms with Crippen molar-refractivity contribution in [3.05, 3.63) is 30.1 Å². The highest BCUT2D eigenvalue weighted by Gasteiger charge is 2.05. The Bertz CT molecular complexity index is 381. The van der Waals surface area contributed by atoms with Gasteiger partial charge >= 0.3 is 0 Å². The summed E-state index contributed by atoms with van der Waals surface area (Å²) in [6, 6.07) is 5.12. The normalized spacial score (nSPS) is 9.83. The molecular formula is C12H17N3O3. The number of hydrogen-bond donors (Lipinski definition) is 2. The highest BCUT2D eigenvalue weighted by atomic mass is 16.5. The van der Waals surface area contributed by atoms with Gasteiger partial charge in [-0.25, -0.2) is 0 Å². The Labute approximate surface area is 106 Å². The van der Waals surface area contributed by atoms with E-state index in [0.717, 1.165) is 0 Å². The summed E-state index contributed by atoms with van der Waals surface area (Å²) in [6.07, 6.45) is 1.88. The highest BCUT2D eigenvalue weighted by molar-refractivity contribution is 5.92. The molecule has 0 aliphatic rings. The molecule has 0 unspecified atom stereocenters. The first kappa shape index (κ1) is 14.1. The zero-order chi connectivity index (χ0) is 13.2. The van der Waals surface area contributed by atoms with Gasteiger partial charge in [-0.05, 0) is 12.1 Å². The summed E-state index contributed by atoms with van der Waals surface area (Å²) in [6.45, 7) is 1.15. The lowest BCUT2D eigenvalue weighted by atomic mass is 10.3. The molecule has 2 N–H and O–H groups in total. The topological polar surface area (TPSA) is 80.3 Å². The van der Waals surface area contributed by atoms with Crippen molar-refractivity contribution in [1.82, 2.24) is 15.6 Å². The summed E-state index contributed by atoms with van der Waals surface area (Å²) in [5.74, 6) is -0.342. The average molecular weight is 251 g/mol. The minimum absolute atomic E-state index is 0.0936. The van der Waals surface area contributed by atoms with Crippen LogP contribution >= 0.6 is 0 Å². The van der Waals surface area contributed by atoms with E-state index in [4.69, 9.17) is 4.74 Å². The number of hydrogen-bond acceptors (Lipinski definition) is 4. The van der Waals surface area contributed by atoms with Crippen molar-refractivity contribution >= 4 is 11.8 Å². The van der Waals surface area contributed by atoms with Crippen molar-refractivity contribution in [2.45, 2.75) is 6.42 Å². The third-order valence-electron chi connectivity index (χ3n) is 2.16. The van der Waals surface area contributed by atoms with E-state index in [2.05, 4.69) is 15.6 Å². The van der Waals surface area contributed by atoms with Crippen LogP contribution in [0.4, 0.5) is 0 Å². The Balaban J connectivity index is 2.15. The molecule has 1 aromatic heterocycles. The molecule has 1 aromatic rings. The third-order valence-corrected chi connectivity index (χ3v) is 2.16. The fourth-order valence-corrected chi connectivity index (χ4v) is 1.25. The molecule has 2 amide bonds. The molecule has 6 nitrogen and oxygen atoms in total. The van der Waals surface area contributed by atoms with E-state index in [9.17, 15) is 9.59 Å². The fraction of sp³-hybridized carbons (Fsp3) is 0.417. The second kappa shape index (κ2) is 8.19. The molecule has 0 aliphatic heterocycles. The number of carbonyl (C=O) groups excluding carboxylic acids is 2. The van der Waals surface area contributed by atoms with Crippen LogP contribution in [0.2, 0.25) is 0 Å². The molecule has 0 spiro atoms. The number of nitrogens with zero attached hydrogens (tertiary/aromatic N) is 1. The van der Waals surface area contributed by atoms with Crippen LogP contribution in [0.15, 0.2) is 24.4 Å². The Morgan fingerprint density at radius 2 is 2.06 bits per heavy atom. The molecule has 0 saturated heterocycles. The number of amides is 2. The first-order valence-corrected chi connectivity index (χ1v) is 5.69. The largest absolute Gasteiger partial charge is 0.384 e. The number of pyridine rings is 1. The Kier molecular flexibility index (Phi) is 6.42. The van der Waals surface area contributed by atoms with Gasteiger partial charge in [0.2, 0.25) is 5.91 Å². The van der Waals surface area contributed by atoms with Crippen molar-refractivity contribution in [2.24, 2.45) is 0 Å². The van der Waals surface area contributed by atoms with Crippen LogP contribution in [-0.2, 0) is 9.53 Å². The van der Waals surface area contributed by atoms with Crippen molar-refractivity contribution in [2.75, 3.05) is 26.8 Å². The predicted octanol–water partition coefficient (Wildman–Crippen LogP) is -0.0359. The molecule has 0 radical (unpaired) electrons. The summed E-state index contributed by atoms with van der Waals surface area (Å²) in [5, 5.41) is 5.33. The van der Waals surface area contributed by atoms with Gasteiger partial charge in [-0.1, -0.05) is 6.07 Å². The second-order valence-corrected chi connectivity index (χ2v) is 3.56. The number of ether oxygens (including phenoxy) is 1. The molecule has 0 saturated carbocycles. The third kappa shape index (κ3) is 5.40. The molecule has 1 heterocycles. The minimum atomic E-state index is -0.248. The quantitative estimate of drug-likeness (QED) is 0.667. The first-order valence-electron chi connectivity index (χ1n) is 5.69. The first-order chi connectivity index (χ1) is 8.74. The van der Waals surface area contributed by atoms with E-state index in [1.807, 2.05) is 0 Å². The summed E-state index contributed by atoms with van der Waals surface area (Å²) in [7, 11) is 1.54. The molecule has 0 atom stereocenters. The number of rotatable bonds is 7. The monoisotopic (exact) mass is 251 g/mol. The smallest absolute Gasteiger partial charge is 0.269 e.